The van der Waals surface area contributed by atoms with Crippen LogP contribution >= 0.6 is 27.3 Å². The van der Waals surface area contributed by atoms with Crippen LogP contribution in [-0.2, 0) is 0 Å². The highest BCUT2D eigenvalue weighted by Crippen LogP contribution is 2.21. The van der Waals surface area contributed by atoms with Gasteiger partial charge in [-0.2, -0.15) is 0 Å². The van der Waals surface area contributed by atoms with Gasteiger partial charge in [0, 0.05) is 4.88 Å². The number of rotatable bonds is 2. The van der Waals surface area contributed by atoms with E-state index < -0.39 is 0 Å². The second kappa shape index (κ2) is 3.88. The van der Waals surface area contributed by atoms with Gasteiger partial charge in [0.2, 0.25) is 0 Å². The third kappa shape index (κ3) is 2.31. The minimum atomic E-state index is 1.14. The normalized spacial score (nSPS) is 11.6. The average molecular weight is 229 g/mol. The molecule has 0 aromatic carbocycles. The Morgan fingerprint density at radius 1 is 1.73 bits per heavy atom. The largest absolute Gasteiger partial charge is 0.144 e. The SMILES string of the molecule is C=Cc1sccc1/C=C(\C)Br. The Kier molecular flexibility index (Phi) is 3.09. The Bertz CT molecular complexity index is 280. The average Bonchev–Trinajstić information content (AvgIpc) is 2.34. The molecule has 0 bridgehead atoms. The molecule has 0 nitrogen and oxygen atoms in total. The summed E-state index contributed by atoms with van der Waals surface area (Å²) in [6, 6.07) is 2.09. The number of halogens is 1. The predicted octanol–water partition coefficient (Wildman–Crippen LogP) is 4.15. The first-order chi connectivity index (χ1) is 5.24. The monoisotopic (exact) mass is 228 g/mol. The Labute approximate surface area is 79.4 Å². The topological polar surface area (TPSA) is 0 Å². The highest BCUT2D eigenvalue weighted by atomic mass is 79.9. The van der Waals surface area contributed by atoms with Crippen LogP contribution < -0.4 is 0 Å². The van der Waals surface area contributed by atoms with E-state index in [2.05, 4.69) is 40.0 Å². The highest BCUT2D eigenvalue weighted by Gasteiger charge is 1.95. The maximum atomic E-state index is 3.74. The summed E-state index contributed by atoms with van der Waals surface area (Å²) in [5.74, 6) is 0. The van der Waals surface area contributed by atoms with Gasteiger partial charge in [0.15, 0.2) is 0 Å². The lowest BCUT2D eigenvalue weighted by molar-refractivity contribution is 1.71. The van der Waals surface area contributed by atoms with Gasteiger partial charge in [-0.15, -0.1) is 11.3 Å². The van der Waals surface area contributed by atoms with Crippen LogP contribution in [0.4, 0.5) is 0 Å². The fraction of sp³-hybridized carbons (Fsp3) is 0.111. The van der Waals surface area contributed by atoms with Gasteiger partial charge in [-0.1, -0.05) is 28.6 Å². The van der Waals surface area contributed by atoms with Crippen molar-refractivity contribution in [1.82, 2.24) is 0 Å². The molecule has 1 aromatic heterocycles. The molecule has 0 aliphatic carbocycles. The number of allylic oxidation sites excluding steroid dienone is 1. The summed E-state index contributed by atoms with van der Waals surface area (Å²) in [6.07, 6.45) is 3.97. The summed E-state index contributed by atoms with van der Waals surface area (Å²) >= 11 is 5.10. The van der Waals surface area contributed by atoms with Gasteiger partial charge in [0.25, 0.3) is 0 Å². The van der Waals surface area contributed by atoms with E-state index >= 15 is 0 Å². The molecule has 0 unspecified atom stereocenters. The van der Waals surface area contributed by atoms with Crippen LogP contribution in [0.1, 0.15) is 17.4 Å². The number of thiophene rings is 1. The standard InChI is InChI=1S/C9H9BrS/c1-3-9-8(4-5-11-9)6-7(2)10/h3-6H,1H2,2H3/b7-6+. The zero-order chi connectivity index (χ0) is 8.27. The van der Waals surface area contributed by atoms with Crippen LogP contribution in [0, 0.1) is 0 Å². The minimum Gasteiger partial charge on any atom is -0.144 e. The number of hydrogen-bond acceptors (Lipinski definition) is 1. The molecular weight excluding hydrogens is 220 g/mol. The van der Waals surface area contributed by atoms with E-state index in [0.29, 0.717) is 0 Å². The van der Waals surface area contributed by atoms with Crippen molar-refractivity contribution < 1.29 is 0 Å². The van der Waals surface area contributed by atoms with Crippen molar-refractivity contribution in [2.75, 3.05) is 0 Å². The zero-order valence-electron chi connectivity index (χ0n) is 6.30. The van der Waals surface area contributed by atoms with Gasteiger partial charge in [0.1, 0.15) is 0 Å². The maximum absolute atomic E-state index is 3.74. The molecule has 0 aliphatic rings. The quantitative estimate of drug-likeness (QED) is 0.714. The van der Waals surface area contributed by atoms with Gasteiger partial charge in [-0.05, 0) is 34.5 Å². The first-order valence-corrected chi connectivity index (χ1v) is 4.95. The van der Waals surface area contributed by atoms with Crippen LogP contribution in [0.2, 0.25) is 0 Å². The second-order valence-electron chi connectivity index (χ2n) is 2.18. The van der Waals surface area contributed by atoms with Gasteiger partial charge >= 0.3 is 0 Å². The summed E-state index contributed by atoms with van der Waals surface area (Å²) in [7, 11) is 0. The third-order valence-electron chi connectivity index (χ3n) is 1.27. The Balaban J connectivity index is 3.03. The van der Waals surface area contributed by atoms with Crippen molar-refractivity contribution in [2.24, 2.45) is 0 Å². The smallest absolute Gasteiger partial charge is 0.0337 e. The zero-order valence-corrected chi connectivity index (χ0v) is 8.71. The summed E-state index contributed by atoms with van der Waals surface area (Å²) in [5, 5.41) is 2.07. The van der Waals surface area contributed by atoms with Crippen molar-refractivity contribution >= 4 is 39.4 Å². The van der Waals surface area contributed by atoms with E-state index in [0.717, 1.165) is 4.48 Å². The predicted molar refractivity (Wildman–Crippen MR) is 57.0 cm³/mol. The molecule has 1 aromatic rings. The van der Waals surface area contributed by atoms with Crippen molar-refractivity contribution in [3.63, 3.8) is 0 Å². The summed E-state index contributed by atoms with van der Waals surface area (Å²) in [4.78, 5) is 1.23. The molecule has 0 N–H and O–H groups in total. The van der Waals surface area contributed by atoms with E-state index in [1.807, 2.05) is 13.0 Å². The Morgan fingerprint density at radius 2 is 2.45 bits per heavy atom. The lowest BCUT2D eigenvalue weighted by Gasteiger charge is -1.90. The molecule has 1 rings (SSSR count). The van der Waals surface area contributed by atoms with Gasteiger partial charge in [-0.3, -0.25) is 0 Å². The molecule has 0 fully saturated rings. The first-order valence-electron chi connectivity index (χ1n) is 3.28. The van der Waals surface area contributed by atoms with Gasteiger partial charge in [0.05, 0.1) is 0 Å². The first kappa shape index (κ1) is 8.75. The van der Waals surface area contributed by atoms with Crippen LogP contribution in [0.3, 0.4) is 0 Å². The minimum absolute atomic E-state index is 1.14. The van der Waals surface area contributed by atoms with E-state index in [9.17, 15) is 0 Å². The van der Waals surface area contributed by atoms with Gasteiger partial charge in [-0.25, -0.2) is 0 Å². The van der Waals surface area contributed by atoms with Crippen molar-refractivity contribution in [1.29, 1.82) is 0 Å². The summed E-state index contributed by atoms with van der Waals surface area (Å²) in [6.45, 7) is 5.76. The summed E-state index contributed by atoms with van der Waals surface area (Å²) < 4.78 is 1.14. The maximum Gasteiger partial charge on any atom is 0.0337 e. The molecule has 0 radical (unpaired) electrons. The van der Waals surface area contributed by atoms with E-state index in [4.69, 9.17) is 0 Å². The molecule has 1 heterocycles. The Hall–Kier alpha value is -0.340. The molecule has 0 amide bonds. The van der Waals surface area contributed by atoms with Gasteiger partial charge < -0.3 is 0 Å². The van der Waals surface area contributed by atoms with Crippen LogP contribution in [0.25, 0.3) is 12.2 Å². The van der Waals surface area contributed by atoms with Crippen LogP contribution in [0.15, 0.2) is 22.5 Å². The van der Waals surface area contributed by atoms with Crippen molar-refractivity contribution in [3.05, 3.63) is 32.9 Å². The third-order valence-corrected chi connectivity index (χ3v) is 2.42. The number of hydrogen-bond donors (Lipinski definition) is 0. The fourth-order valence-electron chi connectivity index (χ4n) is 0.830. The van der Waals surface area contributed by atoms with E-state index in [1.54, 1.807) is 11.3 Å². The van der Waals surface area contributed by atoms with E-state index in [-0.39, 0.29) is 0 Å². The fourth-order valence-corrected chi connectivity index (χ4v) is 1.80. The second-order valence-corrected chi connectivity index (χ2v) is 4.37. The lowest BCUT2D eigenvalue weighted by atomic mass is 10.2. The molecule has 0 spiro atoms. The molecule has 0 atom stereocenters. The molecule has 0 saturated carbocycles. The van der Waals surface area contributed by atoms with Crippen molar-refractivity contribution in [3.8, 4) is 0 Å². The van der Waals surface area contributed by atoms with E-state index in [1.165, 1.54) is 10.4 Å². The lowest BCUT2D eigenvalue weighted by Crippen LogP contribution is -1.68. The molecule has 0 aliphatic heterocycles. The summed E-state index contributed by atoms with van der Waals surface area (Å²) in [5.41, 5.74) is 1.24. The molecule has 58 valence electrons. The van der Waals surface area contributed by atoms with Crippen LogP contribution in [0.5, 0.6) is 0 Å². The van der Waals surface area contributed by atoms with Crippen molar-refractivity contribution in [2.45, 2.75) is 6.92 Å². The highest BCUT2D eigenvalue weighted by molar-refractivity contribution is 9.11. The Morgan fingerprint density at radius 3 is 3.00 bits per heavy atom. The molecule has 11 heavy (non-hydrogen) atoms. The molecule has 2 heteroatoms. The molecule has 0 saturated heterocycles. The molecular formula is C9H9BrS. The van der Waals surface area contributed by atoms with Crippen LogP contribution in [-0.4, -0.2) is 0 Å².